The van der Waals surface area contributed by atoms with Crippen molar-refractivity contribution in [3.63, 3.8) is 0 Å². The number of nitrogens with zero attached hydrogens (tertiary/aromatic N) is 3. The summed E-state index contributed by atoms with van der Waals surface area (Å²) >= 11 is 0. The van der Waals surface area contributed by atoms with Crippen molar-refractivity contribution in [2.24, 2.45) is 11.3 Å². The van der Waals surface area contributed by atoms with E-state index in [4.69, 9.17) is 4.74 Å². The van der Waals surface area contributed by atoms with Crippen LogP contribution in [-0.4, -0.2) is 48.1 Å². The van der Waals surface area contributed by atoms with E-state index >= 15 is 0 Å². The molecule has 2 saturated heterocycles. The fraction of sp³-hybridized carbons (Fsp3) is 0.632. The molecule has 0 atom stereocenters. The molecule has 2 fully saturated rings. The van der Waals surface area contributed by atoms with Crippen LogP contribution in [0.3, 0.4) is 0 Å². The van der Waals surface area contributed by atoms with E-state index in [0.29, 0.717) is 24.9 Å². The number of piperidine rings is 1. The first-order valence-corrected chi connectivity index (χ1v) is 9.04. The van der Waals surface area contributed by atoms with Gasteiger partial charge in [0.1, 0.15) is 12.4 Å². The Morgan fingerprint density at radius 3 is 2.56 bits per heavy atom. The van der Waals surface area contributed by atoms with Crippen molar-refractivity contribution in [2.75, 3.05) is 31.1 Å². The van der Waals surface area contributed by atoms with E-state index in [1.165, 1.54) is 0 Å². The molecule has 0 bridgehead atoms. The summed E-state index contributed by atoms with van der Waals surface area (Å²) in [7, 11) is 0. The van der Waals surface area contributed by atoms with E-state index in [1.54, 1.807) is 4.90 Å². The normalized spacial score (nSPS) is 19.2. The lowest BCUT2D eigenvalue weighted by Crippen LogP contribution is -2.44. The average molecular weight is 345 g/mol. The van der Waals surface area contributed by atoms with Crippen LogP contribution >= 0.6 is 0 Å². The standard InChI is InChI=1S/C19H27N3O3/c1-19(2,3)17(23)21-9-7-14(8-10-21)13-15-5-4-6-16(20-15)22-11-12-25-18(22)24/h4-6,14H,7-13H2,1-3H3. The van der Waals surface area contributed by atoms with Gasteiger partial charge in [0.05, 0.1) is 6.54 Å². The molecule has 1 aromatic rings. The maximum absolute atomic E-state index is 12.4. The number of carbonyl (C=O) groups is 2. The molecule has 0 aliphatic carbocycles. The summed E-state index contributed by atoms with van der Waals surface area (Å²) in [6.07, 6.45) is 2.56. The molecule has 0 spiro atoms. The van der Waals surface area contributed by atoms with E-state index < -0.39 is 0 Å². The van der Waals surface area contributed by atoms with E-state index in [9.17, 15) is 9.59 Å². The lowest BCUT2D eigenvalue weighted by atomic mass is 9.89. The molecule has 1 aromatic heterocycles. The Hall–Kier alpha value is -2.11. The van der Waals surface area contributed by atoms with Crippen LogP contribution in [0.2, 0.25) is 0 Å². The minimum absolute atomic E-state index is 0.235. The van der Waals surface area contributed by atoms with E-state index in [-0.39, 0.29) is 17.4 Å². The second-order valence-electron chi connectivity index (χ2n) is 7.94. The third kappa shape index (κ3) is 4.11. The Morgan fingerprint density at radius 1 is 1.24 bits per heavy atom. The maximum atomic E-state index is 12.4. The quantitative estimate of drug-likeness (QED) is 0.845. The Bertz CT molecular complexity index is 646. The molecule has 3 rings (SSSR count). The van der Waals surface area contributed by atoms with Gasteiger partial charge in [-0.25, -0.2) is 9.78 Å². The molecule has 0 aromatic carbocycles. The number of hydrogen-bond acceptors (Lipinski definition) is 4. The largest absolute Gasteiger partial charge is 0.447 e. The lowest BCUT2D eigenvalue weighted by molar-refractivity contribution is -0.140. The predicted octanol–water partition coefficient (Wildman–Crippen LogP) is 2.87. The lowest BCUT2D eigenvalue weighted by Gasteiger charge is -2.35. The van der Waals surface area contributed by atoms with Gasteiger partial charge in [-0.2, -0.15) is 0 Å². The number of carbonyl (C=O) groups excluding carboxylic acids is 2. The SMILES string of the molecule is CC(C)(C)C(=O)N1CCC(Cc2cccc(N3CCOC3=O)n2)CC1. The fourth-order valence-electron chi connectivity index (χ4n) is 3.44. The predicted molar refractivity (Wildman–Crippen MR) is 95.4 cm³/mol. The van der Waals surface area contributed by atoms with Gasteiger partial charge in [0.2, 0.25) is 5.91 Å². The van der Waals surface area contributed by atoms with Crippen LogP contribution in [-0.2, 0) is 16.0 Å². The van der Waals surface area contributed by atoms with Crippen LogP contribution < -0.4 is 4.90 Å². The van der Waals surface area contributed by atoms with Crippen LogP contribution in [0, 0.1) is 11.3 Å². The van der Waals surface area contributed by atoms with Crippen LogP contribution in [0.15, 0.2) is 18.2 Å². The number of hydrogen-bond donors (Lipinski definition) is 0. The van der Waals surface area contributed by atoms with Crippen LogP contribution in [0.5, 0.6) is 0 Å². The van der Waals surface area contributed by atoms with Gasteiger partial charge < -0.3 is 9.64 Å². The number of rotatable bonds is 3. The van der Waals surface area contributed by atoms with E-state index in [2.05, 4.69) is 4.98 Å². The molecule has 0 unspecified atom stereocenters. The first-order valence-electron chi connectivity index (χ1n) is 9.04. The zero-order valence-electron chi connectivity index (χ0n) is 15.3. The monoisotopic (exact) mass is 345 g/mol. The molecule has 25 heavy (non-hydrogen) atoms. The summed E-state index contributed by atoms with van der Waals surface area (Å²) in [4.78, 5) is 32.3. The van der Waals surface area contributed by atoms with Gasteiger partial charge in [-0.05, 0) is 37.3 Å². The Morgan fingerprint density at radius 2 is 1.96 bits per heavy atom. The molecule has 2 aliphatic rings. The highest BCUT2D eigenvalue weighted by Gasteiger charge is 2.30. The first-order chi connectivity index (χ1) is 11.8. The zero-order chi connectivity index (χ0) is 18.0. The van der Waals surface area contributed by atoms with Crippen molar-refractivity contribution in [3.8, 4) is 0 Å². The van der Waals surface area contributed by atoms with Crippen molar-refractivity contribution in [3.05, 3.63) is 23.9 Å². The zero-order valence-corrected chi connectivity index (χ0v) is 15.3. The number of amides is 2. The number of anilines is 1. The topological polar surface area (TPSA) is 62.7 Å². The molecule has 0 saturated carbocycles. The van der Waals surface area contributed by atoms with Gasteiger partial charge in [0.25, 0.3) is 0 Å². The fourth-order valence-corrected chi connectivity index (χ4v) is 3.44. The minimum atomic E-state index is -0.321. The van der Waals surface area contributed by atoms with E-state index in [1.807, 2.05) is 43.9 Å². The molecular formula is C19H27N3O3. The molecule has 6 heteroatoms. The smallest absolute Gasteiger partial charge is 0.415 e. The van der Waals surface area contributed by atoms with Gasteiger partial charge in [-0.1, -0.05) is 26.8 Å². The van der Waals surface area contributed by atoms with Gasteiger partial charge in [-0.3, -0.25) is 9.69 Å². The summed E-state index contributed by atoms with van der Waals surface area (Å²) in [5.74, 6) is 1.43. The van der Waals surface area contributed by atoms with Gasteiger partial charge in [-0.15, -0.1) is 0 Å². The number of ether oxygens (including phenoxy) is 1. The molecule has 2 amide bonds. The minimum Gasteiger partial charge on any atom is -0.447 e. The van der Waals surface area contributed by atoms with Gasteiger partial charge in [0, 0.05) is 24.2 Å². The van der Waals surface area contributed by atoms with Gasteiger partial charge in [0.15, 0.2) is 0 Å². The van der Waals surface area contributed by atoms with Crippen molar-refractivity contribution in [1.29, 1.82) is 0 Å². The molecular weight excluding hydrogens is 318 g/mol. The summed E-state index contributed by atoms with van der Waals surface area (Å²) < 4.78 is 4.98. The van der Waals surface area contributed by atoms with Gasteiger partial charge >= 0.3 is 6.09 Å². The number of cyclic esters (lactones) is 1. The van der Waals surface area contributed by atoms with Crippen LogP contribution in [0.1, 0.15) is 39.3 Å². The Kier molecular flexibility index (Phi) is 4.97. The van der Waals surface area contributed by atoms with Crippen molar-refractivity contribution < 1.29 is 14.3 Å². The number of aromatic nitrogens is 1. The van der Waals surface area contributed by atoms with E-state index in [0.717, 1.165) is 38.0 Å². The Balaban J connectivity index is 1.57. The average Bonchev–Trinajstić information content (AvgIpc) is 3.00. The molecule has 0 N–H and O–H groups in total. The maximum Gasteiger partial charge on any atom is 0.415 e. The van der Waals surface area contributed by atoms with Crippen molar-refractivity contribution >= 4 is 17.8 Å². The van der Waals surface area contributed by atoms with Crippen molar-refractivity contribution in [2.45, 2.75) is 40.0 Å². The first kappa shape index (κ1) is 17.7. The van der Waals surface area contributed by atoms with Crippen molar-refractivity contribution in [1.82, 2.24) is 9.88 Å². The van der Waals surface area contributed by atoms with Crippen LogP contribution in [0.4, 0.5) is 10.6 Å². The third-order valence-electron chi connectivity index (χ3n) is 4.87. The molecule has 2 aliphatic heterocycles. The molecule has 3 heterocycles. The highest BCUT2D eigenvalue weighted by molar-refractivity contribution is 5.88. The summed E-state index contributed by atoms with van der Waals surface area (Å²) in [6, 6.07) is 5.81. The second-order valence-corrected chi connectivity index (χ2v) is 7.94. The Labute approximate surface area is 149 Å². The molecule has 6 nitrogen and oxygen atoms in total. The summed E-state index contributed by atoms with van der Waals surface area (Å²) in [5.41, 5.74) is 0.686. The third-order valence-corrected chi connectivity index (χ3v) is 4.87. The highest BCUT2D eigenvalue weighted by atomic mass is 16.6. The summed E-state index contributed by atoms with van der Waals surface area (Å²) in [5, 5.41) is 0. The highest BCUT2D eigenvalue weighted by Crippen LogP contribution is 2.26. The van der Waals surface area contributed by atoms with Crippen LogP contribution in [0.25, 0.3) is 0 Å². The number of pyridine rings is 1. The summed E-state index contributed by atoms with van der Waals surface area (Å²) in [6.45, 7) is 8.53. The second kappa shape index (κ2) is 7.02. The number of likely N-dealkylation sites (tertiary alicyclic amines) is 1. The molecule has 136 valence electrons. The molecule has 0 radical (unpaired) electrons.